The van der Waals surface area contributed by atoms with Crippen molar-refractivity contribution in [2.75, 3.05) is 29.9 Å². The van der Waals surface area contributed by atoms with Gasteiger partial charge in [-0.25, -0.2) is 19.7 Å². The lowest BCUT2D eigenvalue weighted by Crippen LogP contribution is -2.42. The van der Waals surface area contributed by atoms with E-state index in [0.29, 0.717) is 18.1 Å². The van der Waals surface area contributed by atoms with E-state index in [1.165, 1.54) is 5.56 Å². The molecule has 0 spiro atoms. The smallest absolute Gasteiger partial charge is 0.319 e. The first kappa shape index (κ1) is 17.3. The first-order valence-electron chi connectivity index (χ1n) is 9.19. The lowest BCUT2D eigenvalue weighted by Gasteiger charge is -2.33. The van der Waals surface area contributed by atoms with Crippen molar-refractivity contribution < 1.29 is 4.79 Å². The summed E-state index contributed by atoms with van der Waals surface area (Å²) in [6.07, 6.45) is 5.33. The molecule has 3 N–H and O–H groups in total. The summed E-state index contributed by atoms with van der Waals surface area (Å²) < 4.78 is 0. The Morgan fingerprint density at radius 2 is 2.11 bits per heavy atom. The number of anilines is 2. The van der Waals surface area contributed by atoms with E-state index < -0.39 is 0 Å². The number of nitrogens with one attached hydrogen (secondary N) is 3. The van der Waals surface area contributed by atoms with Gasteiger partial charge in [0.05, 0.1) is 6.33 Å². The van der Waals surface area contributed by atoms with Crippen LogP contribution in [0.15, 0.2) is 36.9 Å². The van der Waals surface area contributed by atoms with E-state index in [1.807, 2.05) is 31.2 Å². The minimum Gasteiger partial charge on any atom is -0.354 e. The highest BCUT2D eigenvalue weighted by Gasteiger charge is 2.23. The molecule has 3 aromatic rings. The number of H-pyrrole nitrogens is 1. The number of nitrogens with zero attached hydrogens (tertiary/aromatic N) is 4. The van der Waals surface area contributed by atoms with Gasteiger partial charge in [-0.05, 0) is 37.8 Å². The molecule has 0 saturated carbocycles. The van der Waals surface area contributed by atoms with Crippen LogP contribution in [0.4, 0.5) is 16.3 Å². The van der Waals surface area contributed by atoms with E-state index >= 15 is 0 Å². The largest absolute Gasteiger partial charge is 0.354 e. The van der Waals surface area contributed by atoms with E-state index in [2.05, 4.69) is 35.5 Å². The predicted octanol–water partition coefficient (Wildman–Crippen LogP) is 2.70. The fourth-order valence-corrected chi connectivity index (χ4v) is 3.47. The molecule has 8 nitrogen and oxygen atoms in total. The molecule has 27 heavy (non-hydrogen) atoms. The van der Waals surface area contributed by atoms with Crippen LogP contribution in [0.25, 0.3) is 11.2 Å². The number of aromatic nitrogens is 4. The summed E-state index contributed by atoms with van der Waals surface area (Å²) in [7, 11) is 0. The number of piperidine rings is 1. The molecule has 0 bridgehead atoms. The van der Waals surface area contributed by atoms with Crippen LogP contribution < -0.4 is 15.5 Å². The number of carbonyl (C=O) groups is 1. The molecular weight excluding hydrogens is 342 g/mol. The molecular formula is C19H23N7O. The lowest BCUT2D eigenvalue weighted by molar-refractivity contribution is 0.249. The second-order valence-corrected chi connectivity index (χ2v) is 6.95. The van der Waals surface area contributed by atoms with Crippen molar-refractivity contribution in [1.82, 2.24) is 25.3 Å². The van der Waals surface area contributed by atoms with Crippen molar-refractivity contribution in [1.29, 1.82) is 0 Å². The molecule has 1 saturated heterocycles. The van der Waals surface area contributed by atoms with Gasteiger partial charge in [-0.15, -0.1) is 0 Å². The molecule has 2 aromatic heterocycles. The van der Waals surface area contributed by atoms with Crippen molar-refractivity contribution in [3.8, 4) is 0 Å². The summed E-state index contributed by atoms with van der Waals surface area (Å²) in [5, 5.41) is 5.86. The summed E-state index contributed by atoms with van der Waals surface area (Å²) in [4.78, 5) is 30.3. The summed E-state index contributed by atoms with van der Waals surface area (Å²) in [6.45, 7) is 4.44. The van der Waals surface area contributed by atoms with Gasteiger partial charge in [0, 0.05) is 25.3 Å². The van der Waals surface area contributed by atoms with Crippen molar-refractivity contribution >= 4 is 28.7 Å². The molecule has 3 heterocycles. The highest BCUT2D eigenvalue weighted by Crippen LogP contribution is 2.25. The molecule has 4 rings (SSSR count). The van der Waals surface area contributed by atoms with Gasteiger partial charge in [-0.2, -0.15) is 0 Å². The van der Waals surface area contributed by atoms with Gasteiger partial charge in [0.25, 0.3) is 0 Å². The molecule has 1 aromatic carbocycles. The van der Waals surface area contributed by atoms with Crippen LogP contribution in [0, 0.1) is 12.8 Å². The Morgan fingerprint density at radius 1 is 1.26 bits per heavy atom. The molecule has 0 radical (unpaired) electrons. The highest BCUT2D eigenvalue weighted by atomic mass is 16.2. The van der Waals surface area contributed by atoms with Gasteiger partial charge < -0.3 is 20.5 Å². The van der Waals surface area contributed by atoms with Gasteiger partial charge in [-0.3, -0.25) is 0 Å². The molecule has 1 aliphatic rings. The van der Waals surface area contributed by atoms with E-state index in [-0.39, 0.29) is 6.03 Å². The number of hydrogen-bond acceptors (Lipinski definition) is 5. The van der Waals surface area contributed by atoms with Crippen molar-refractivity contribution in [3.05, 3.63) is 42.5 Å². The Labute approximate surface area is 157 Å². The van der Waals surface area contributed by atoms with Crippen molar-refractivity contribution in [2.45, 2.75) is 19.8 Å². The Balaban J connectivity index is 1.34. The number of aryl methyl sites for hydroxylation is 1. The van der Waals surface area contributed by atoms with E-state index in [0.717, 1.165) is 43.0 Å². The van der Waals surface area contributed by atoms with Crippen LogP contribution in [0.2, 0.25) is 0 Å². The van der Waals surface area contributed by atoms with Gasteiger partial charge in [0.1, 0.15) is 11.8 Å². The predicted molar refractivity (Wildman–Crippen MR) is 105 cm³/mol. The fourth-order valence-electron chi connectivity index (χ4n) is 3.47. The Bertz CT molecular complexity index is 921. The van der Waals surface area contributed by atoms with Crippen molar-refractivity contribution in [3.63, 3.8) is 0 Å². The Hall–Kier alpha value is -3.16. The third-order valence-electron chi connectivity index (χ3n) is 4.88. The molecule has 8 heteroatoms. The molecule has 0 aliphatic carbocycles. The zero-order valence-corrected chi connectivity index (χ0v) is 15.3. The standard InChI is InChI=1S/C19H23N7O/c1-13-4-6-15(7-5-13)25-19(27)20-9-14-3-2-8-26(10-14)18-16-17(22-11-21-16)23-12-24-18/h4-7,11-12,14H,2-3,8-10H2,1H3,(H2,20,25,27)(H,21,22,23,24). The second-order valence-electron chi connectivity index (χ2n) is 6.95. The number of carbonyl (C=O) groups excluding carboxylic acids is 1. The number of urea groups is 1. The third kappa shape index (κ3) is 3.99. The maximum absolute atomic E-state index is 12.2. The molecule has 2 amide bonds. The number of aromatic amines is 1. The monoisotopic (exact) mass is 365 g/mol. The third-order valence-corrected chi connectivity index (χ3v) is 4.88. The fraction of sp³-hybridized carbons (Fsp3) is 0.368. The SMILES string of the molecule is Cc1ccc(NC(=O)NCC2CCCN(c3ncnc4nc[nH]c34)C2)cc1. The second kappa shape index (κ2) is 7.61. The van der Waals surface area contributed by atoms with Crippen LogP contribution in [-0.4, -0.2) is 45.6 Å². The summed E-state index contributed by atoms with van der Waals surface area (Å²) >= 11 is 0. The number of imidazole rings is 1. The minimum absolute atomic E-state index is 0.172. The van der Waals surface area contributed by atoms with Crippen LogP contribution in [-0.2, 0) is 0 Å². The topological polar surface area (TPSA) is 98.8 Å². The summed E-state index contributed by atoms with van der Waals surface area (Å²) in [5.41, 5.74) is 3.51. The average molecular weight is 365 g/mol. The van der Waals surface area contributed by atoms with E-state index in [4.69, 9.17) is 0 Å². The quantitative estimate of drug-likeness (QED) is 0.660. The molecule has 1 unspecified atom stereocenters. The Morgan fingerprint density at radius 3 is 2.96 bits per heavy atom. The number of hydrogen-bond donors (Lipinski definition) is 3. The maximum atomic E-state index is 12.2. The maximum Gasteiger partial charge on any atom is 0.319 e. The van der Waals surface area contributed by atoms with Gasteiger partial charge >= 0.3 is 6.03 Å². The zero-order chi connectivity index (χ0) is 18.6. The summed E-state index contributed by atoms with van der Waals surface area (Å²) in [6, 6.07) is 7.59. The number of fused-ring (bicyclic) bond motifs is 1. The van der Waals surface area contributed by atoms with Crippen LogP contribution >= 0.6 is 0 Å². The Kier molecular flexibility index (Phi) is 4.86. The molecule has 140 valence electrons. The lowest BCUT2D eigenvalue weighted by atomic mass is 9.98. The van der Waals surface area contributed by atoms with Crippen LogP contribution in [0.1, 0.15) is 18.4 Å². The number of benzene rings is 1. The first-order chi connectivity index (χ1) is 13.2. The highest BCUT2D eigenvalue weighted by molar-refractivity contribution is 5.89. The van der Waals surface area contributed by atoms with E-state index in [9.17, 15) is 4.79 Å². The van der Waals surface area contributed by atoms with Crippen LogP contribution in [0.5, 0.6) is 0 Å². The number of amides is 2. The average Bonchev–Trinajstić information content (AvgIpc) is 3.17. The number of rotatable bonds is 4. The normalized spacial score (nSPS) is 17.1. The molecule has 1 aliphatic heterocycles. The first-order valence-corrected chi connectivity index (χ1v) is 9.19. The minimum atomic E-state index is -0.172. The van der Waals surface area contributed by atoms with E-state index in [1.54, 1.807) is 12.7 Å². The zero-order valence-electron chi connectivity index (χ0n) is 15.3. The summed E-state index contributed by atoms with van der Waals surface area (Å²) in [5.74, 6) is 1.25. The van der Waals surface area contributed by atoms with Gasteiger partial charge in [-0.1, -0.05) is 17.7 Å². The van der Waals surface area contributed by atoms with Gasteiger partial charge in [0.2, 0.25) is 0 Å². The molecule has 1 fully saturated rings. The van der Waals surface area contributed by atoms with Crippen LogP contribution in [0.3, 0.4) is 0 Å². The molecule has 1 atom stereocenters. The van der Waals surface area contributed by atoms with Crippen molar-refractivity contribution in [2.24, 2.45) is 5.92 Å². The van der Waals surface area contributed by atoms with Gasteiger partial charge in [0.15, 0.2) is 11.5 Å².